The van der Waals surface area contributed by atoms with Gasteiger partial charge in [-0.05, 0) is 18.8 Å². The van der Waals surface area contributed by atoms with Crippen molar-refractivity contribution in [3.05, 3.63) is 0 Å². The standard InChI is InChI=1S/C14H26O2/c1-6-7-8-9-12(2)13(3,4)14(5,16)10-11-15/h12,15-16H,6-9H2,1-5H3. The van der Waals surface area contributed by atoms with E-state index in [1.165, 1.54) is 19.3 Å². The van der Waals surface area contributed by atoms with Crippen molar-refractivity contribution >= 4 is 0 Å². The molecule has 16 heavy (non-hydrogen) atoms. The van der Waals surface area contributed by atoms with Crippen LogP contribution in [0, 0.1) is 23.4 Å². The van der Waals surface area contributed by atoms with Crippen LogP contribution in [0.25, 0.3) is 0 Å². The van der Waals surface area contributed by atoms with E-state index in [1.54, 1.807) is 6.92 Å². The Labute approximate surface area is 100 Å². The second-order valence-corrected chi connectivity index (χ2v) is 5.43. The van der Waals surface area contributed by atoms with Gasteiger partial charge in [-0.1, -0.05) is 53.4 Å². The summed E-state index contributed by atoms with van der Waals surface area (Å²) in [5.41, 5.74) is -1.47. The van der Waals surface area contributed by atoms with Crippen LogP contribution >= 0.6 is 0 Å². The van der Waals surface area contributed by atoms with Crippen molar-refractivity contribution in [2.45, 2.75) is 65.9 Å². The molecule has 0 spiro atoms. The molecule has 0 aromatic rings. The maximum absolute atomic E-state index is 10.2. The molecule has 0 fully saturated rings. The molecule has 2 unspecified atom stereocenters. The van der Waals surface area contributed by atoms with E-state index in [0.717, 1.165) is 6.42 Å². The Balaban J connectivity index is 4.55. The molecule has 2 atom stereocenters. The average Bonchev–Trinajstić information content (AvgIpc) is 2.17. The minimum absolute atomic E-state index is 0.323. The molecule has 2 heteroatoms. The number of hydrogen-bond donors (Lipinski definition) is 2. The van der Waals surface area contributed by atoms with Crippen LogP contribution in [0.15, 0.2) is 0 Å². The molecule has 0 aliphatic heterocycles. The SMILES string of the molecule is CCCCCC(C)C(C)(C)C(C)(O)C#CO. The number of aliphatic hydroxyl groups excluding tert-OH is 1. The van der Waals surface area contributed by atoms with Crippen molar-refractivity contribution in [2.75, 3.05) is 0 Å². The molecule has 2 N–H and O–H groups in total. The van der Waals surface area contributed by atoms with E-state index in [2.05, 4.69) is 19.8 Å². The summed E-state index contributed by atoms with van der Waals surface area (Å²) < 4.78 is 0. The normalized spacial score (nSPS) is 17.1. The topological polar surface area (TPSA) is 40.5 Å². The van der Waals surface area contributed by atoms with Crippen molar-refractivity contribution in [1.82, 2.24) is 0 Å². The summed E-state index contributed by atoms with van der Waals surface area (Å²) >= 11 is 0. The number of hydrogen-bond acceptors (Lipinski definition) is 2. The second-order valence-electron chi connectivity index (χ2n) is 5.43. The van der Waals surface area contributed by atoms with Gasteiger partial charge in [0.2, 0.25) is 0 Å². The molecular formula is C14H26O2. The van der Waals surface area contributed by atoms with Gasteiger partial charge in [-0.3, -0.25) is 0 Å². The first kappa shape index (κ1) is 15.3. The summed E-state index contributed by atoms with van der Waals surface area (Å²) in [7, 11) is 0. The lowest BCUT2D eigenvalue weighted by Gasteiger charge is -2.41. The fraction of sp³-hybridized carbons (Fsp3) is 0.857. The Hall–Kier alpha value is -0.680. The Bertz CT molecular complexity index is 256. The number of aliphatic hydroxyl groups is 2. The highest BCUT2D eigenvalue weighted by Crippen LogP contribution is 2.40. The molecule has 0 rings (SSSR count). The lowest BCUT2D eigenvalue weighted by Crippen LogP contribution is -2.45. The van der Waals surface area contributed by atoms with Crippen LogP contribution < -0.4 is 0 Å². The van der Waals surface area contributed by atoms with Crippen molar-refractivity contribution in [1.29, 1.82) is 0 Å². The first-order chi connectivity index (χ1) is 7.29. The van der Waals surface area contributed by atoms with Crippen LogP contribution in [-0.4, -0.2) is 15.8 Å². The quantitative estimate of drug-likeness (QED) is 0.539. The van der Waals surface area contributed by atoms with Crippen LogP contribution in [0.3, 0.4) is 0 Å². The smallest absolute Gasteiger partial charge is 0.131 e. The summed E-state index contributed by atoms with van der Waals surface area (Å²) in [6.45, 7) is 10.0. The van der Waals surface area contributed by atoms with E-state index < -0.39 is 5.60 Å². The highest BCUT2D eigenvalue weighted by atomic mass is 16.3. The van der Waals surface area contributed by atoms with Gasteiger partial charge >= 0.3 is 0 Å². The number of rotatable bonds is 6. The monoisotopic (exact) mass is 226 g/mol. The maximum atomic E-state index is 10.2. The van der Waals surface area contributed by atoms with E-state index in [4.69, 9.17) is 5.11 Å². The van der Waals surface area contributed by atoms with Gasteiger partial charge < -0.3 is 10.2 Å². The zero-order valence-corrected chi connectivity index (χ0v) is 11.3. The van der Waals surface area contributed by atoms with Gasteiger partial charge in [-0.2, -0.15) is 0 Å². The molecule has 0 saturated carbocycles. The fourth-order valence-corrected chi connectivity index (χ4v) is 1.81. The minimum Gasteiger partial charge on any atom is -0.462 e. The van der Waals surface area contributed by atoms with Gasteiger partial charge in [0.15, 0.2) is 0 Å². The third-order valence-corrected chi connectivity index (χ3v) is 4.03. The maximum Gasteiger partial charge on any atom is 0.131 e. The van der Waals surface area contributed by atoms with Crippen molar-refractivity contribution < 1.29 is 10.2 Å². The molecule has 0 aromatic heterocycles. The van der Waals surface area contributed by atoms with Gasteiger partial charge in [0.25, 0.3) is 0 Å². The van der Waals surface area contributed by atoms with Crippen molar-refractivity contribution in [3.63, 3.8) is 0 Å². The Kier molecular flexibility index (Phi) is 5.89. The van der Waals surface area contributed by atoms with Crippen molar-refractivity contribution in [3.8, 4) is 12.0 Å². The van der Waals surface area contributed by atoms with Crippen molar-refractivity contribution in [2.24, 2.45) is 11.3 Å². The van der Waals surface area contributed by atoms with Crippen LogP contribution in [0.1, 0.15) is 60.3 Å². The molecule has 0 aliphatic rings. The van der Waals surface area contributed by atoms with Gasteiger partial charge in [-0.25, -0.2) is 0 Å². The molecule has 2 nitrogen and oxygen atoms in total. The van der Waals surface area contributed by atoms with E-state index >= 15 is 0 Å². The van der Waals surface area contributed by atoms with Gasteiger partial charge in [0.1, 0.15) is 11.7 Å². The molecule has 0 aromatic carbocycles. The van der Waals surface area contributed by atoms with Gasteiger partial charge in [-0.15, -0.1) is 0 Å². The van der Waals surface area contributed by atoms with E-state index in [1.807, 2.05) is 20.0 Å². The predicted molar refractivity (Wildman–Crippen MR) is 67.4 cm³/mol. The van der Waals surface area contributed by atoms with E-state index in [9.17, 15) is 5.11 Å². The highest BCUT2D eigenvalue weighted by molar-refractivity contribution is 5.14. The fourth-order valence-electron chi connectivity index (χ4n) is 1.81. The zero-order chi connectivity index (χ0) is 12.8. The first-order valence-electron chi connectivity index (χ1n) is 6.18. The lowest BCUT2D eigenvalue weighted by molar-refractivity contribution is -0.0356. The lowest BCUT2D eigenvalue weighted by atomic mass is 9.66. The number of unbranched alkanes of at least 4 members (excludes halogenated alkanes) is 2. The van der Waals surface area contributed by atoms with Gasteiger partial charge in [0, 0.05) is 5.41 Å². The minimum atomic E-state index is -1.15. The van der Waals surface area contributed by atoms with E-state index in [-0.39, 0.29) is 5.41 Å². The molecule has 0 bridgehead atoms. The van der Waals surface area contributed by atoms with Crippen LogP contribution in [-0.2, 0) is 0 Å². The second kappa shape index (κ2) is 6.15. The molecule has 0 heterocycles. The average molecular weight is 226 g/mol. The molecule has 0 saturated heterocycles. The molecule has 94 valence electrons. The van der Waals surface area contributed by atoms with Crippen LogP contribution in [0.5, 0.6) is 0 Å². The predicted octanol–water partition coefficient (Wildman–Crippen LogP) is 3.31. The molecule has 0 aliphatic carbocycles. The summed E-state index contributed by atoms with van der Waals surface area (Å²) in [5.74, 6) is 2.86. The van der Waals surface area contributed by atoms with Crippen LogP contribution in [0.4, 0.5) is 0 Å². The largest absolute Gasteiger partial charge is 0.462 e. The molecule has 0 radical (unpaired) electrons. The third-order valence-electron chi connectivity index (χ3n) is 4.03. The molecular weight excluding hydrogens is 200 g/mol. The summed E-state index contributed by atoms with van der Waals surface area (Å²) in [4.78, 5) is 0. The molecule has 0 amide bonds. The van der Waals surface area contributed by atoms with Gasteiger partial charge in [0.05, 0.1) is 0 Å². The van der Waals surface area contributed by atoms with Crippen LogP contribution in [0.2, 0.25) is 0 Å². The van der Waals surface area contributed by atoms with E-state index in [0.29, 0.717) is 5.92 Å². The highest BCUT2D eigenvalue weighted by Gasteiger charge is 2.42. The summed E-state index contributed by atoms with van der Waals surface area (Å²) in [5, 5.41) is 18.9. The Morgan fingerprint density at radius 3 is 2.19 bits per heavy atom. The Morgan fingerprint density at radius 2 is 1.75 bits per heavy atom. The first-order valence-corrected chi connectivity index (χ1v) is 6.18. The summed E-state index contributed by atoms with van der Waals surface area (Å²) in [6.07, 6.45) is 6.55. The third kappa shape index (κ3) is 3.72. The Morgan fingerprint density at radius 1 is 1.19 bits per heavy atom. The summed E-state index contributed by atoms with van der Waals surface area (Å²) in [6, 6.07) is 0. The zero-order valence-electron chi connectivity index (χ0n) is 11.3.